The van der Waals surface area contributed by atoms with Crippen LogP contribution in [0.15, 0.2) is 29.3 Å². The molecule has 1 fully saturated rings. The fourth-order valence-electron chi connectivity index (χ4n) is 2.80. The smallest absolute Gasteiger partial charge is 0.409 e. The fraction of sp³-hybridized carbons (Fsp3) is 0.579. The van der Waals surface area contributed by atoms with Crippen LogP contribution in [0.3, 0.4) is 0 Å². The van der Waals surface area contributed by atoms with Gasteiger partial charge in [-0.15, -0.1) is 24.0 Å². The number of carbonyl (C=O) groups is 1. The molecule has 0 unspecified atom stereocenters. The predicted molar refractivity (Wildman–Crippen MR) is 120 cm³/mol. The first kappa shape index (κ1) is 24.1. The maximum atomic E-state index is 11.8. The summed E-state index contributed by atoms with van der Waals surface area (Å²) in [6.45, 7) is 6.33. The molecular weight excluding hydrogens is 475 g/mol. The van der Waals surface area contributed by atoms with E-state index in [0.717, 1.165) is 43.5 Å². The first-order valence-electron chi connectivity index (χ1n) is 9.32. The Bertz CT molecular complexity index is 622. The van der Waals surface area contributed by atoms with Gasteiger partial charge in [-0.1, -0.05) is 6.07 Å². The minimum atomic E-state index is -0.241. The Morgan fingerprint density at radius 2 is 1.86 bits per heavy atom. The number of piperazine rings is 1. The molecule has 0 aliphatic carbocycles. The number of hydrogen-bond acceptors (Lipinski definition) is 5. The van der Waals surface area contributed by atoms with E-state index in [9.17, 15) is 4.79 Å². The summed E-state index contributed by atoms with van der Waals surface area (Å²) >= 11 is 0. The third-order valence-electron chi connectivity index (χ3n) is 4.23. The van der Waals surface area contributed by atoms with Gasteiger partial charge < -0.3 is 29.3 Å². The standard InChI is InChI=1S/C19H30N4O4.HI/c1-4-26-19(24)23-12-10-22(11-13-23)18(20-2)21-9-6-14-27-17-8-5-7-16(15-17)25-3;/h5,7-8,15H,4,6,9-14H2,1-3H3,(H,20,21);1H. The van der Waals surface area contributed by atoms with Crippen molar-refractivity contribution in [2.24, 2.45) is 4.99 Å². The number of carbonyl (C=O) groups excluding carboxylic acids is 1. The summed E-state index contributed by atoms with van der Waals surface area (Å²) in [7, 11) is 3.41. The second-order valence-electron chi connectivity index (χ2n) is 6.03. The number of rotatable bonds is 7. The van der Waals surface area contributed by atoms with Gasteiger partial charge in [0, 0.05) is 45.8 Å². The maximum absolute atomic E-state index is 11.8. The van der Waals surface area contributed by atoms with Gasteiger partial charge in [0.1, 0.15) is 11.5 Å². The van der Waals surface area contributed by atoms with Crippen LogP contribution in [-0.4, -0.2) is 81.9 Å². The minimum Gasteiger partial charge on any atom is -0.497 e. The molecule has 9 heteroatoms. The number of ether oxygens (including phenoxy) is 3. The SMILES string of the molecule is CCOC(=O)N1CCN(C(=NC)NCCCOc2cccc(OC)c2)CC1.I. The van der Waals surface area contributed by atoms with E-state index in [-0.39, 0.29) is 30.1 Å². The number of nitrogens with zero attached hydrogens (tertiary/aromatic N) is 3. The van der Waals surface area contributed by atoms with Gasteiger partial charge in [0.15, 0.2) is 5.96 Å². The van der Waals surface area contributed by atoms with Crippen molar-refractivity contribution in [2.75, 3.05) is 60.1 Å². The van der Waals surface area contributed by atoms with Crippen LogP contribution in [0.4, 0.5) is 4.79 Å². The molecule has 1 heterocycles. The Labute approximate surface area is 184 Å². The minimum absolute atomic E-state index is 0. The quantitative estimate of drug-likeness (QED) is 0.265. The number of amides is 1. The van der Waals surface area contributed by atoms with Gasteiger partial charge in [-0.25, -0.2) is 4.79 Å². The van der Waals surface area contributed by atoms with Gasteiger partial charge >= 0.3 is 6.09 Å². The average Bonchev–Trinajstić information content (AvgIpc) is 2.71. The van der Waals surface area contributed by atoms with Gasteiger partial charge in [0.2, 0.25) is 0 Å². The third-order valence-corrected chi connectivity index (χ3v) is 4.23. The van der Waals surface area contributed by atoms with Crippen molar-refractivity contribution in [3.63, 3.8) is 0 Å². The molecule has 1 aromatic rings. The lowest BCUT2D eigenvalue weighted by Crippen LogP contribution is -2.54. The molecule has 0 aromatic heterocycles. The Kier molecular flexibility index (Phi) is 11.5. The Morgan fingerprint density at radius 1 is 1.18 bits per heavy atom. The van der Waals surface area contributed by atoms with Crippen molar-refractivity contribution in [2.45, 2.75) is 13.3 Å². The number of benzene rings is 1. The van der Waals surface area contributed by atoms with Crippen molar-refractivity contribution in [3.05, 3.63) is 24.3 Å². The molecule has 1 N–H and O–H groups in total. The highest BCUT2D eigenvalue weighted by atomic mass is 127. The van der Waals surface area contributed by atoms with E-state index in [2.05, 4.69) is 15.2 Å². The molecule has 1 aliphatic heterocycles. The van der Waals surface area contributed by atoms with E-state index in [1.807, 2.05) is 31.2 Å². The third kappa shape index (κ3) is 7.61. The molecule has 28 heavy (non-hydrogen) atoms. The van der Waals surface area contributed by atoms with Crippen LogP contribution in [0.1, 0.15) is 13.3 Å². The Morgan fingerprint density at radius 3 is 2.50 bits per heavy atom. The lowest BCUT2D eigenvalue weighted by atomic mass is 10.3. The lowest BCUT2D eigenvalue weighted by molar-refractivity contribution is 0.0914. The first-order valence-corrected chi connectivity index (χ1v) is 9.32. The van der Waals surface area contributed by atoms with E-state index in [0.29, 0.717) is 26.3 Å². The molecule has 0 saturated carbocycles. The zero-order chi connectivity index (χ0) is 19.5. The zero-order valence-corrected chi connectivity index (χ0v) is 19.2. The highest BCUT2D eigenvalue weighted by molar-refractivity contribution is 14.0. The van der Waals surface area contributed by atoms with Crippen LogP contribution < -0.4 is 14.8 Å². The van der Waals surface area contributed by atoms with Crippen molar-refractivity contribution >= 4 is 36.0 Å². The summed E-state index contributed by atoms with van der Waals surface area (Å²) in [4.78, 5) is 20.0. The van der Waals surface area contributed by atoms with Crippen molar-refractivity contribution < 1.29 is 19.0 Å². The van der Waals surface area contributed by atoms with E-state index < -0.39 is 0 Å². The number of guanidine groups is 1. The van der Waals surface area contributed by atoms with E-state index in [4.69, 9.17) is 14.2 Å². The predicted octanol–water partition coefficient (Wildman–Crippen LogP) is 2.43. The van der Waals surface area contributed by atoms with Crippen LogP contribution in [-0.2, 0) is 4.74 Å². The summed E-state index contributed by atoms with van der Waals surface area (Å²) in [5.41, 5.74) is 0. The van der Waals surface area contributed by atoms with Gasteiger partial charge in [-0.05, 0) is 25.5 Å². The van der Waals surface area contributed by atoms with Crippen LogP contribution in [0, 0.1) is 0 Å². The molecule has 1 aromatic carbocycles. The molecular formula is C19H31IN4O4. The molecule has 0 spiro atoms. The molecule has 158 valence electrons. The molecule has 1 aliphatic rings. The molecule has 1 amide bonds. The highest BCUT2D eigenvalue weighted by Crippen LogP contribution is 2.18. The first-order chi connectivity index (χ1) is 13.2. The molecule has 0 bridgehead atoms. The summed E-state index contributed by atoms with van der Waals surface area (Å²) in [5.74, 6) is 2.43. The van der Waals surface area contributed by atoms with Crippen molar-refractivity contribution in [3.8, 4) is 11.5 Å². The zero-order valence-electron chi connectivity index (χ0n) is 16.8. The normalized spacial score (nSPS) is 14.2. The van der Waals surface area contributed by atoms with Crippen molar-refractivity contribution in [1.29, 1.82) is 0 Å². The molecule has 1 saturated heterocycles. The molecule has 2 rings (SSSR count). The topological polar surface area (TPSA) is 75.6 Å². The van der Waals surface area contributed by atoms with E-state index >= 15 is 0 Å². The second kappa shape index (κ2) is 13.3. The monoisotopic (exact) mass is 506 g/mol. The van der Waals surface area contributed by atoms with Crippen LogP contribution in [0.2, 0.25) is 0 Å². The maximum Gasteiger partial charge on any atom is 0.409 e. The van der Waals surface area contributed by atoms with E-state index in [1.54, 1.807) is 19.1 Å². The number of aliphatic imine (C=N–C) groups is 1. The number of halogens is 1. The van der Waals surface area contributed by atoms with Crippen molar-refractivity contribution in [1.82, 2.24) is 15.1 Å². The Hall–Kier alpha value is -1.91. The van der Waals surface area contributed by atoms with Gasteiger partial charge in [-0.2, -0.15) is 0 Å². The molecule has 0 atom stereocenters. The van der Waals surface area contributed by atoms with E-state index in [1.165, 1.54) is 0 Å². The fourth-order valence-corrected chi connectivity index (χ4v) is 2.80. The summed E-state index contributed by atoms with van der Waals surface area (Å²) in [6, 6.07) is 7.58. The van der Waals surface area contributed by atoms with Gasteiger partial charge in [-0.3, -0.25) is 4.99 Å². The number of methoxy groups -OCH3 is 1. The molecule has 0 radical (unpaired) electrons. The van der Waals surface area contributed by atoms with Crippen LogP contribution in [0.25, 0.3) is 0 Å². The number of nitrogens with one attached hydrogen (secondary N) is 1. The summed E-state index contributed by atoms with van der Waals surface area (Å²) in [5, 5.41) is 3.35. The number of hydrogen-bond donors (Lipinski definition) is 1. The van der Waals surface area contributed by atoms with Gasteiger partial charge in [0.05, 0.1) is 20.3 Å². The van der Waals surface area contributed by atoms with Crippen LogP contribution in [0.5, 0.6) is 11.5 Å². The van der Waals surface area contributed by atoms with Gasteiger partial charge in [0.25, 0.3) is 0 Å². The second-order valence-corrected chi connectivity index (χ2v) is 6.03. The Balaban J connectivity index is 0.00000392. The molecule has 8 nitrogen and oxygen atoms in total. The highest BCUT2D eigenvalue weighted by Gasteiger charge is 2.23. The largest absolute Gasteiger partial charge is 0.497 e. The lowest BCUT2D eigenvalue weighted by Gasteiger charge is -2.35. The average molecular weight is 506 g/mol. The van der Waals surface area contributed by atoms with Crippen LogP contribution >= 0.6 is 24.0 Å². The summed E-state index contributed by atoms with van der Waals surface area (Å²) < 4.78 is 16.0. The summed E-state index contributed by atoms with van der Waals surface area (Å²) in [6.07, 6.45) is 0.605.